The zero-order valence-corrected chi connectivity index (χ0v) is 15.3. The molecule has 2 rings (SSSR count). The molecule has 0 bridgehead atoms. The molecule has 0 radical (unpaired) electrons. The lowest BCUT2D eigenvalue weighted by atomic mass is 9.98. The number of nitrogens with zero attached hydrogens (tertiary/aromatic N) is 1. The van der Waals surface area contributed by atoms with Crippen LogP contribution in [-0.2, 0) is 16.2 Å². The van der Waals surface area contributed by atoms with E-state index in [1.54, 1.807) is 0 Å². The molecule has 0 spiro atoms. The van der Waals surface area contributed by atoms with Crippen LogP contribution in [0.15, 0.2) is 23.1 Å². The molecule has 1 aromatic carbocycles. The molecule has 1 aliphatic rings. The van der Waals surface area contributed by atoms with E-state index in [-0.39, 0.29) is 31.6 Å². The molecule has 144 valence electrons. The first-order chi connectivity index (χ1) is 11.2. The van der Waals surface area contributed by atoms with Gasteiger partial charge in [0.05, 0.1) is 10.5 Å². The molecule has 1 fully saturated rings. The van der Waals surface area contributed by atoms with Crippen molar-refractivity contribution in [2.45, 2.75) is 30.8 Å². The van der Waals surface area contributed by atoms with Crippen molar-refractivity contribution in [1.29, 1.82) is 0 Å². The van der Waals surface area contributed by atoms with Gasteiger partial charge < -0.3 is 5.32 Å². The van der Waals surface area contributed by atoms with Crippen molar-refractivity contribution in [1.82, 2.24) is 9.62 Å². The van der Waals surface area contributed by atoms with E-state index >= 15 is 0 Å². The quantitative estimate of drug-likeness (QED) is 0.766. The van der Waals surface area contributed by atoms with E-state index in [0.717, 1.165) is 23.5 Å². The summed E-state index contributed by atoms with van der Waals surface area (Å²) in [5, 5.41) is 3.18. The summed E-state index contributed by atoms with van der Waals surface area (Å²) >= 11 is 0. The number of benzene rings is 1. The minimum atomic E-state index is -4.94. The lowest BCUT2D eigenvalue weighted by molar-refractivity contribution is -0.140. The van der Waals surface area contributed by atoms with Crippen molar-refractivity contribution in [3.63, 3.8) is 0 Å². The summed E-state index contributed by atoms with van der Waals surface area (Å²) in [4.78, 5) is -0.887. The normalized spacial score (nSPS) is 17.3. The highest BCUT2D eigenvalue weighted by atomic mass is 35.5. The minimum absolute atomic E-state index is 0. The molecule has 0 aliphatic carbocycles. The minimum Gasteiger partial charge on any atom is -0.317 e. The maximum Gasteiger partial charge on any atom is 0.417 e. The zero-order valence-electron chi connectivity index (χ0n) is 13.6. The van der Waals surface area contributed by atoms with E-state index in [2.05, 4.69) is 5.32 Å². The van der Waals surface area contributed by atoms with Crippen molar-refractivity contribution < 1.29 is 26.0 Å². The van der Waals surface area contributed by atoms with E-state index in [0.29, 0.717) is 24.8 Å². The average Bonchev–Trinajstić information content (AvgIpc) is 2.52. The van der Waals surface area contributed by atoms with Gasteiger partial charge in [-0.3, -0.25) is 0 Å². The molecule has 1 N–H and O–H groups in total. The summed E-state index contributed by atoms with van der Waals surface area (Å²) in [5.74, 6) is -0.822. The smallest absolute Gasteiger partial charge is 0.317 e. The summed E-state index contributed by atoms with van der Waals surface area (Å²) < 4.78 is 78.6. The zero-order chi connectivity index (χ0) is 18.0. The molecule has 4 nitrogen and oxygen atoms in total. The second-order valence-electron chi connectivity index (χ2n) is 5.79. The number of hydrogen-bond donors (Lipinski definition) is 1. The summed E-state index contributed by atoms with van der Waals surface area (Å²) in [6.07, 6.45) is -3.78. The van der Waals surface area contributed by atoms with Crippen molar-refractivity contribution in [2.24, 2.45) is 5.92 Å². The Kier molecular flexibility index (Phi) is 7.67. The number of halogens is 5. The van der Waals surface area contributed by atoms with E-state index < -0.39 is 32.5 Å². The first-order valence-electron chi connectivity index (χ1n) is 7.74. The fourth-order valence-electron chi connectivity index (χ4n) is 2.79. The highest BCUT2D eigenvalue weighted by molar-refractivity contribution is 7.89. The second-order valence-corrected chi connectivity index (χ2v) is 7.70. The van der Waals surface area contributed by atoms with E-state index in [1.165, 1.54) is 0 Å². The molecule has 1 aromatic rings. The number of hydrogen-bond acceptors (Lipinski definition) is 3. The molecule has 1 saturated heterocycles. The van der Waals surface area contributed by atoms with Crippen LogP contribution in [0.5, 0.6) is 0 Å². The van der Waals surface area contributed by atoms with Crippen LogP contribution >= 0.6 is 12.4 Å². The number of rotatable bonds is 5. The van der Waals surface area contributed by atoms with Gasteiger partial charge in [0.2, 0.25) is 10.0 Å². The van der Waals surface area contributed by atoms with E-state index in [9.17, 15) is 26.0 Å². The van der Waals surface area contributed by atoms with Crippen molar-refractivity contribution in [2.75, 3.05) is 26.2 Å². The number of piperidine rings is 1. The third kappa shape index (κ3) is 5.29. The highest BCUT2D eigenvalue weighted by Gasteiger charge is 2.40. The van der Waals surface area contributed by atoms with Gasteiger partial charge in [-0.05, 0) is 50.0 Å². The van der Waals surface area contributed by atoms with Gasteiger partial charge in [-0.15, -0.1) is 12.4 Å². The van der Waals surface area contributed by atoms with Gasteiger partial charge in [-0.25, -0.2) is 12.8 Å². The third-order valence-electron chi connectivity index (χ3n) is 4.12. The molecule has 0 saturated carbocycles. The average molecular weight is 405 g/mol. The van der Waals surface area contributed by atoms with Crippen LogP contribution < -0.4 is 5.32 Å². The Balaban J connectivity index is 0.00000312. The Labute approximate surface area is 151 Å². The Hall–Kier alpha value is -0.900. The fraction of sp³-hybridized carbons (Fsp3) is 0.600. The summed E-state index contributed by atoms with van der Waals surface area (Å²) in [6, 6.07) is 1.66. The van der Waals surface area contributed by atoms with Crippen molar-refractivity contribution >= 4 is 22.4 Å². The van der Waals surface area contributed by atoms with Gasteiger partial charge in [-0.2, -0.15) is 17.5 Å². The monoisotopic (exact) mass is 404 g/mol. The molecular weight excluding hydrogens is 384 g/mol. The largest absolute Gasteiger partial charge is 0.417 e. The third-order valence-corrected chi connectivity index (χ3v) is 6.08. The van der Waals surface area contributed by atoms with E-state index in [4.69, 9.17) is 0 Å². The molecule has 0 aromatic heterocycles. The lowest BCUT2D eigenvalue weighted by Gasteiger charge is -2.31. The molecule has 1 aliphatic heterocycles. The SMILES string of the molecule is CCNCC1CCN(S(=O)(=O)c2ccc(F)cc2C(F)(F)F)CC1.Cl. The molecule has 10 heteroatoms. The van der Waals surface area contributed by atoms with Gasteiger partial charge in [-0.1, -0.05) is 6.92 Å². The van der Waals surface area contributed by atoms with E-state index in [1.807, 2.05) is 6.92 Å². The highest BCUT2D eigenvalue weighted by Crippen LogP contribution is 2.36. The van der Waals surface area contributed by atoms with Crippen LogP contribution in [0.2, 0.25) is 0 Å². The predicted molar refractivity (Wildman–Crippen MR) is 88.7 cm³/mol. The molecule has 0 unspecified atom stereocenters. The molecular formula is C15H21ClF4N2O2S. The fourth-order valence-corrected chi connectivity index (χ4v) is 4.45. The van der Waals surface area contributed by atoms with Crippen molar-refractivity contribution in [3.8, 4) is 0 Å². The van der Waals surface area contributed by atoms with Crippen LogP contribution in [0, 0.1) is 11.7 Å². The van der Waals surface area contributed by atoms with Gasteiger partial charge in [0.15, 0.2) is 0 Å². The molecule has 0 atom stereocenters. The maximum absolute atomic E-state index is 13.2. The Morgan fingerprint density at radius 1 is 1.24 bits per heavy atom. The Morgan fingerprint density at radius 3 is 2.36 bits per heavy atom. The first kappa shape index (κ1) is 22.1. The van der Waals surface area contributed by atoms with Crippen molar-refractivity contribution in [3.05, 3.63) is 29.6 Å². The van der Waals surface area contributed by atoms with Gasteiger partial charge in [0.1, 0.15) is 5.82 Å². The molecule has 0 amide bonds. The number of nitrogens with one attached hydrogen (secondary N) is 1. The number of sulfonamides is 1. The van der Waals surface area contributed by atoms with Gasteiger partial charge in [0.25, 0.3) is 0 Å². The Bertz CT molecular complexity index is 675. The van der Waals surface area contributed by atoms with Crippen LogP contribution in [0.25, 0.3) is 0 Å². The maximum atomic E-state index is 13.2. The summed E-state index contributed by atoms with van der Waals surface area (Å²) in [7, 11) is -4.31. The standard InChI is InChI=1S/C15H20F4N2O2S.ClH/c1-2-20-10-11-5-7-21(8-6-11)24(22,23)14-4-3-12(16)9-13(14)15(17,18)19;/h3-4,9,11,20H,2,5-8,10H2,1H3;1H. The molecule has 25 heavy (non-hydrogen) atoms. The van der Waals surface area contributed by atoms with Crippen LogP contribution in [0.4, 0.5) is 17.6 Å². The van der Waals surface area contributed by atoms with Crippen LogP contribution in [0.3, 0.4) is 0 Å². The number of alkyl halides is 3. The predicted octanol–water partition coefficient (Wildman–Crippen LogP) is 3.28. The summed E-state index contributed by atoms with van der Waals surface area (Å²) in [6.45, 7) is 3.85. The summed E-state index contributed by atoms with van der Waals surface area (Å²) in [5.41, 5.74) is -1.46. The second kappa shape index (κ2) is 8.66. The van der Waals surface area contributed by atoms with Gasteiger partial charge >= 0.3 is 6.18 Å². The van der Waals surface area contributed by atoms with Crippen LogP contribution in [-0.4, -0.2) is 38.9 Å². The van der Waals surface area contributed by atoms with Crippen LogP contribution in [0.1, 0.15) is 25.3 Å². The lowest BCUT2D eigenvalue weighted by Crippen LogP contribution is -2.41. The topological polar surface area (TPSA) is 49.4 Å². The first-order valence-corrected chi connectivity index (χ1v) is 9.18. The Morgan fingerprint density at radius 2 is 1.84 bits per heavy atom. The van der Waals surface area contributed by atoms with Gasteiger partial charge in [0, 0.05) is 13.1 Å². The molecule has 1 heterocycles.